The molecular weight excluding hydrogens is 198 g/mol. The van der Waals surface area contributed by atoms with Crippen LogP contribution in [0.5, 0.6) is 0 Å². The number of piperidine rings is 1. The second-order valence-corrected chi connectivity index (χ2v) is 5.11. The molecule has 0 aromatic heterocycles. The molecule has 0 radical (unpaired) electrons. The highest BCUT2D eigenvalue weighted by atomic mass is 32.2. The molecule has 0 unspecified atom stereocenters. The number of carbonyl (C=O) groups excluding carboxylic acids is 1. The standard InChI is InChI=1S/C9H19N3OS/c1-14-9(7-10)2-4-12(5-3-9)6-8(11)13/h2-7,10H2,1H3,(H2,11,13). The van der Waals surface area contributed by atoms with Gasteiger partial charge in [-0.15, -0.1) is 0 Å². The van der Waals surface area contributed by atoms with Gasteiger partial charge in [-0.3, -0.25) is 9.69 Å². The van der Waals surface area contributed by atoms with Gasteiger partial charge in [0.1, 0.15) is 0 Å². The van der Waals surface area contributed by atoms with E-state index in [1.807, 2.05) is 11.8 Å². The van der Waals surface area contributed by atoms with Gasteiger partial charge in [0.05, 0.1) is 6.54 Å². The first kappa shape index (κ1) is 11.8. The van der Waals surface area contributed by atoms with E-state index in [0.29, 0.717) is 6.54 Å². The molecule has 0 spiro atoms. The van der Waals surface area contributed by atoms with Gasteiger partial charge >= 0.3 is 0 Å². The number of nitrogens with zero attached hydrogens (tertiary/aromatic N) is 1. The van der Waals surface area contributed by atoms with E-state index in [0.717, 1.165) is 32.5 Å². The Hall–Kier alpha value is -0.260. The monoisotopic (exact) mass is 217 g/mol. The first-order valence-electron chi connectivity index (χ1n) is 4.88. The lowest BCUT2D eigenvalue weighted by Gasteiger charge is -2.39. The smallest absolute Gasteiger partial charge is 0.231 e. The van der Waals surface area contributed by atoms with Gasteiger partial charge in [0, 0.05) is 24.4 Å². The Kier molecular flexibility index (Phi) is 4.22. The summed E-state index contributed by atoms with van der Waals surface area (Å²) >= 11 is 1.85. The molecule has 1 aliphatic rings. The summed E-state index contributed by atoms with van der Waals surface area (Å²) in [5.41, 5.74) is 10.9. The topological polar surface area (TPSA) is 72.3 Å². The zero-order valence-electron chi connectivity index (χ0n) is 8.66. The molecule has 4 N–H and O–H groups in total. The Bertz CT molecular complexity index is 196. The van der Waals surface area contributed by atoms with Crippen LogP contribution in [0.4, 0.5) is 0 Å². The van der Waals surface area contributed by atoms with Gasteiger partial charge in [-0.05, 0) is 19.1 Å². The van der Waals surface area contributed by atoms with Crippen LogP contribution in [0.15, 0.2) is 0 Å². The molecule has 1 heterocycles. The number of rotatable bonds is 4. The van der Waals surface area contributed by atoms with Crippen molar-refractivity contribution in [2.75, 3.05) is 32.4 Å². The number of primary amides is 1. The summed E-state index contributed by atoms with van der Waals surface area (Å²) in [7, 11) is 0. The van der Waals surface area contributed by atoms with Crippen molar-refractivity contribution < 1.29 is 4.79 Å². The predicted octanol–water partition coefficient (Wildman–Crippen LogP) is -0.372. The minimum Gasteiger partial charge on any atom is -0.369 e. The zero-order chi connectivity index (χ0) is 10.6. The maximum absolute atomic E-state index is 10.7. The van der Waals surface area contributed by atoms with E-state index in [9.17, 15) is 4.79 Å². The van der Waals surface area contributed by atoms with Crippen LogP contribution in [0, 0.1) is 0 Å². The van der Waals surface area contributed by atoms with E-state index in [2.05, 4.69) is 11.2 Å². The van der Waals surface area contributed by atoms with E-state index in [-0.39, 0.29) is 10.7 Å². The van der Waals surface area contributed by atoms with E-state index >= 15 is 0 Å². The van der Waals surface area contributed by atoms with Crippen LogP contribution in [-0.4, -0.2) is 48.0 Å². The maximum Gasteiger partial charge on any atom is 0.231 e. The molecule has 0 atom stereocenters. The maximum atomic E-state index is 10.7. The van der Waals surface area contributed by atoms with Crippen LogP contribution in [-0.2, 0) is 4.79 Å². The summed E-state index contributed by atoms with van der Waals surface area (Å²) in [6, 6.07) is 0. The summed E-state index contributed by atoms with van der Waals surface area (Å²) < 4.78 is 0.230. The normalized spacial score (nSPS) is 22.1. The van der Waals surface area contributed by atoms with Gasteiger partial charge in [0.25, 0.3) is 0 Å². The lowest BCUT2D eigenvalue weighted by atomic mass is 9.96. The molecule has 1 aliphatic heterocycles. The fraction of sp³-hybridized carbons (Fsp3) is 0.889. The highest BCUT2D eigenvalue weighted by molar-refractivity contribution is 8.00. The number of nitrogens with two attached hydrogens (primary N) is 2. The average molecular weight is 217 g/mol. The summed E-state index contributed by atoms with van der Waals surface area (Å²) in [4.78, 5) is 12.8. The van der Waals surface area contributed by atoms with Gasteiger partial charge in [0.2, 0.25) is 5.91 Å². The van der Waals surface area contributed by atoms with Gasteiger partial charge in [0.15, 0.2) is 0 Å². The summed E-state index contributed by atoms with van der Waals surface area (Å²) in [5.74, 6) is -0.241. The largest absolute Gasteiger partial charge is 0.369 e. The van der Waals surface area contributed by atoms with E-state index in [4.69, 9.17) is 11.5 Å². The van der Waals surface area contributed by atoms with Crippen LogP contribution in [0.25, 0.3) is 0 Å². The van der Waals surface area contributed by atoms with Crippen molar-refractivity contribution in [1.29, 1.82) is 0 Å². The average Bonchev–Trinajstić information content (AvgIpc) is 2.19. The third kappa shape index (κ3) is 2.87. The quantitative estimate of drug-likeness (QED) is 0.674. The molecule has 0 saturated carbocycles. The van der Waals surface area contributed by atoms with Gasteiger partial charge in [-0.1, -0.05) is 0 Å². The predicted molar refractivity (Wildman–Crippen MR) is 60.2 cm³/mol. The van der Waals surface area contributed by atoms with Crippen LogP contribution in [0.3, 0.4) is 0 Å². The lowest BCUT2D eigenvalue weighted by molar-refractivity contribution is -0.119. The van der Waals surface area contributed by atoms with Crippen LogP contribution >= 0.6 is 11.8 Å². The number of carbonyl (C=O) groups is 1. The van der Waals surface area contributed by atoms with Crippen LogP contribution in [0.2, 0.25) is 0 Å². The Morgan fingerprint density at radius 3 is 2.43 bits per heavy atom. The summed E-state index contributed by atoms with van der Waals surface area (Å²) in [6.45, 7) is 2.97. The fourth-order valence-electron chi connectivity index (χ4n) is 1.83. The second kappa shape index (κ2) is 5.00. The van der Waals surface area contributed by atoms with E-state index in [1.165, 1.54) is 0 Å². The molecule has 0 aliphatic carbocycles. The molecule has 0 aromatic carbocycles. The molecule has 4 nitrogen and oxygen atoms in total. The third-order valence-corrected chi connectivity index (χ3v) is 4.39. The zero-order valence-corrected chi connectivity index (χ0v) is 9.48. The molecule has 1 saturated heterocycles. The Balaban J connectivity index is 2.40. The highest BCUT2D eigenvalue weighted by Crippen LogP contribution is 2.33. The molecule has 1 rings (SSSR count). The van der Waals surface area contributed by atoms with Crippen molar-refractivity contribution >= 4 is 17.7 Å². The van der Waals surface area contributed by atoms with Gasteiger partial charge < -0.3 is 11.5 Å². The minimum atomic E-state index is -0.241. The molecule has 14 heavy (non-hydrogen) atoms. The number of hydrogen-bond acceptors (Lipinski definition) is 4. The van der Waals surface area contributed by atoms with Crippen molar-refractivity contribution in [2.45, 2.75) is 17.6 Å². The molecule has 0 bridgehead atoms. The lowest BCUT2D eigenvalue weighted by Crippen LogP contribution is -2.48. The molecule has 82 valence electrons. The van der Waals surface area contributed by atoms with Crippen LogP contribution in [0.1, 0.15) is 12.8 Å². The molecule has 0 aromatic rings. The number of likely N-dealkylation sites (tertiary alicyclic amines) is 1. The highest BCUT2D eigenvalue weighted by Gasteiger charge is 2.32. The van der Waals surface area contributed by atoms with Crippen molar-refractivity contribution in [3.05, 3.63) is 0 Å². The number of thioether (sulfide) groups is 1. The molecule has 1 fully saturated rings. The van der Waals surface area contributed by atoms with Crippen molar-refractivity contribution in [3.63, 3.8) is 0 Å². The van der Waals surface area contributed by atoms with Gasteiger partial charge in [-0.25, -0.2) is 0 Å². The van der Waals surface area contributed by atoms with Crippen molar-refractivity contribution in [1.82, 2.24) is 4.90 Å². The Morgan fingerprint density at radius 2 is 2.07 bits per heavy atom. The Morgan fingerprint density at radius 1 is 1.50 bits per heavy atom. The first-order chi connectivity index (χ1) is 6.62. The van der Waals surface area contributed by atoms with E-state index in [1.54, 1.807) is 0 Å². The molecular formula is C9H19N3OS. The first-order valence-corrected chi connectivity index (χ1v) is 6.10. The van der Waals surface area contributed by atoms with Crippen LogP contribution < -0.4 is 11.5 Å². The summed E-state index contributed by atoms with van der Waals surface area (Å²) in [6.07, 6.45) is 4.21. The van der Waals surface area contributed by atoms with Gasteiger partial charge in [-0.2, -0.15) is 11.8 Å². The SMILES string of the molecule is CSC1(CN)CCN(CC(N)=O)CC1. The summed E-state index contributed by atoms with van der Waals surface area (Å²) in [5, 5.41) is 0. The number of hydrogen-bond donors (Lipinski definition) is 2. The third-order valence-electron chi connectivity index (χ3n) is 2.95. The van der Waals surface area contributed by atoms with Crippen molar-refractivity contribution in [2.24, 2.45) is 11.5 Å². The fourth-order valence-corrected chi connectivity index (χ4v) is 2.59. The minimum absolute atomic E-state index is 0.230. The second-order valence-electron chi connectivity index (χ2n) is 3.83. The number of amides is 1. The molecule has 5 heteroatoms. The Labute approximate surface area is 89.4 Å². The molecule has 1 amide bonds. The van der Waals surface area contributed by atoms with E-state index < -0.39 is 0 Å². The van der Waals surface area contributed by atoms with Crippen molar-refractivity contribution in [3.8, 4) is 0 Å².